The van der Waals surface area contributed by atoms with Gasteiger partial charge in [0.25, 0.3) is 0 Å². The lowest BCUT2D eigenvalue weighted by Gasteiger charge is -2.23. The maximum Gasteiger partial charge on any atom is -0.00431 e. The molecule has 0 aliphatic carbocycles. The molecule has 0 aliphatic heterocycles. The molecule has 1 rings (SSSR count). The van der Waals surface area contributed by atoms with E-state index in [9.17, 15) is 0 Å². The molecule has 0 spiro atoms. The van der Waals surface area contributed by atoms with Gasteiger partial charge in [-0.15, -0.1) is 0 Å². The number of rotatable bonds is 6. The van der Waals surface area contributed by atoms with Crippen molar-refractivity contribution < 1.29 is 0 Å². The van der Waals surface area contributed by atoms with Gasteiger partial charge in [0.1, 0.15) is 0 Å². The summed E-state index contributed by atoms with van der Waals surface area (Å²) in [6, 6.07) is 8.65. The molecule has 0 bridgehead atoms. The molecule has 90 valence electrons. The van der Waals surface area contributed by atoms with Crippen LogP contribution in [0.25, 0.3) is 0 Å². The Morgan fingerprint density at radius 3 is 2.50 bits per heavy atom. The molecule has 1 aromatic rings. The molecule has 1 nitrogen and oxygen atoms in total. The van der Waals surface area contributed by atoms with Gasteiger partial charge in [0, 0.05) is 0 Å². The molecular formula is C15H25N. The summed E-state index contributed by atoms with van der Waals surface area (Å²) < 4.78 is 0. The Balaban J connectivity index is 2.66. The second-order valence-electron chi connectivity index (χ2n) is 4.89. The van der Waals surface area contributed by atoms with Crippen molar-refractivity contribution in [2.75, 3.05) is 6.54 Å². The van der Waals surface area contributed by atoms with Crippen LogP contribution in [0.5, 0.6) is 0 Å². The quantitative estimate of drug-likeness (QED) is 0.778. The molecule has 2 N–H and O–H groups in total. The van der Waals surface area contributed by atoms with Gasteiger partial charge in [-0.1, -0.05) is 51.0 Å². The third-order valence-electron chi connectivity index (χ3n) is 3.59. The van der Waals surface area contributed by atoms with Crippen LogP contribution in [0.1, 0.15) is 37.8 Å². The first-order valence-electron chi connectivity index (χ1n) is 6.43. The predicted molar refractivity (Wildman–Crippen MR) is 71.5 cm³/mol. The second-order valence-corrected chi connectivity index (χ2v) is 4.89. The van der Waals surface area contributed by atoms with Crippen LogP contribution in [0, 0.1) is 18.8 Å². The highest BCUT2D eigenvalue weighted by molar-refractivity contribution is 5.26. The standard InChI is InChI=1S/C15H25N/c1-4-7-12(2)15(11-16)10-14-9-6-5-8-13(14)3/h5-6,8-9,12,15H,4,7,10-11,16H2,1-3H3. The first-order chi connectivity index (χ1) is 7.69. The van der Waals surface area contributed by atoms with Crippen LogP contribution in [0.15, 0.2) is 24.3 Å². The fourth-order valence-corrected chi connectivity index (χ4v) is 2.33. The highest BCUT2D eigenvalue weighted by atomic mass is 14.6. The van der Waals surface area contributed by atoms with Crippen molar-refractivity contribution in [1.29, 1.82) is 0 Å². The Labute approximate surface area is 100 Å². The Bertz CT molecular complexity index is 306. The number of hydrogen-bond acceptors (Lipinski definition) is 1. The zero-order chi connectivity index (χ0) is 12.0. The molecule has 0 aliphatic rings. The van der Waals surface area contributed by atoms with Crippen LogP contribution in [0.3, 0.4) is 0 Å². The molecule has 0 heterocycles. The second kappa shape index (κ2) is 6.70. The van der Waals surface area contributed by atoms with Gasteiger partial charge >= 0.3 is 0 Å². The monoisotopic (exact) mass is 219 g/mol. The molecule has 0 saturated carbocycles. The molecule has 0 radical (unpaired) electrons. The Kier molecular flexibility index (Phi) is 5.54. The van der Waals surface area contributed by atoms with Crippen LogP contribution in [0.2, 0.25) is 0 Å². The van der Waals surface area contributed by atoms with E-state index in [0.29, 0.717) is 5.92 Å². The van der Waals surface area contributed by atoms with Gasteiger partial charge in [-0.3, -0.25) is 0 Å². The normalized spacial score (nSPS) is 14.8. The zero-order valence-corrected chi connectivity index (χ0v) is 10.9. The summed E-state index contributed by atoms with van der Waals surface area (Å²) in [5.74, 6) is 1.36. The van der Waals surface area contributed by atoms with E-state index in [-0.39, 0.29) is 0 Å². The summed E-state index contributed by atoms with van der Waals surface area (Å²) in [7, 11) is 0. The molecular weight excluding hydrogens is 194 g/mol. The van der Waals surface area contributed by atoms with Crippen molar-refractivity contribution in [2.24, 2.45) is 17.6 Å². The van der Waals surface area contributed by atoms with Gasteiger partial charge in [-0.05, 0) is 42.9 Å². The number of aryl methyl sites for hydroxylation is 1. The minimum absolute atomic E-state index is 0.626. The lowest BCUT2D eigenvalue weighted by atomic mass is 9.84. The number of nitrogens with two attached hydrogens (primary N) is 1. The van der Waals surface area contributed by atoms with E-state index in [2.05, 4.69) is 45.0 Å². The fraction of sp³-hybridized carbons (Fsp3) is 0.600. The van der Waals surface area contributed by atoms with Crippen LogP contribution >= 0.6 is 0 Å². The molecule has 0 saturated heterocycles. The van der Waals surface area contributed by atoms with E-state index in [0.717, 1.165) is 18.9 Å². The smallest absolute Gasteiger partial charge is 0.00431 e. The minimum Gasteiger partial charge on any atom is -0.330 e. The summed E-state index contributed by atoms with van der Waals surface area (Å²) in [5, 5.41) is 0. The fourth-order valence-electron chi connectivity index (χ4n) is 2.33. The molecule has 0 amide bonds. The average Bonchev–Trinajstić information content (AvgIpc) is 2.28. The summed E-state index contributed by atoms with van der Waals surface area (Å²) in [6.45, 7) is 7.57. The molecule has 2 unspecified atom stereocenters. The topological polar surface area (TPSA) is 26.0 Å². The highest BCUT2D eigenvalue weighted by Gasteiger charge is 2.16. The van der Waals surface area contributed by atoms with Crippen molar-refractivity contribution in [3.05, 3.63) is 35.4 Å². The van der Waals surface area contributed by atoms with E-state index in [1.54, 1.807) is 0 Å². The van der Waals surface area contributed by atoms with E-state index in [4.69, 9.17) is 5.73 Å². The molecule has 0 aromatic heterocycles. The SMILES string of the molecule is CCCC(C)C(CN)Cc1ccccc1C. The van der Waals surface area contributed by atoms with Crippen molar-refractivity contribution in [3.8, 4) is 0 Å². The minimum atomic E-state index is 0.626. The Morgan fingerprint density at radius 2 is 1.94 bits per heavy atom. The predicted octanol–water partition coefficient (Wildman–Crippen LogP) is 3.55. The van der Waals surface area contributed by atoms with Crippen molar-refractivity contribution in [3.63, 3.8) is 0 Å². The van der Waals surface area contributed by atoms with Gasteiger partial charge < -0.3 is 5.73 Å². The van der Waals surface area contributed by atoms with Crippen molar-refractivity contribution in [2.45, 2.75) is 40.0 Å². The molecule has 0 fully saturated rings. The number of benzene rings is 1. The molecule has 1 aromatic carbocycles. The van der Waals surface area contributed by atoms with Gasteiger partial charge in [0.15, 0.2) is 0 Å². The summed E-state index contributed by atoms with van der Waals surface area (Å²) in [4.78, 5) is 0. The third-order valence-corrected chi connectivity index (χ3v) is 3.59. The zero-order valence-electron chi connectivity index (χ0n) is 10.9. The van der Waals surface area contributed by atoms with E-state index in [1.165, 1.54) is 24.0 Å². The lowest BCUT2D eigenvalue weighted by Crippen LogP contribution is -2.24. The van der Waals surface area contributed by atoms with Crippen molar-refractivity contribution in [1.82, 2.24) is 0 Å². The summed E-state index contributed by atoms with van der Waals surface area (Å²) >= 11 is 0. The first-order valence-corrected chi connectivity index (χ1v) is 6.43. The third kappa shape index (κ3) is 3.64. The lowest BCUT2D eigenvalue weighted by molar-refractivity contribution is 0.340. The van der Waals surface area contributed by atoms with Crippen LogP contribution in [0.4, 0.5) is 0 Å². The largest absolute Gasteiger partial charge is 0.330 e. The maximum absolute atomic E-state index is 5.90. The number of hydrogen-bond donors (Lipinski definition) is 1. The average molecular weight is 219 g/mol. The van der Waals surface area contributed by atoms with Crippen molar-refractivity contribution >= 4 is 0 Å². The molecule has 1 heteroatoms. The van der Waals surface area contributed by atoms with Gasteiger partial charge in [-0.25, -0.2) is 0 Å². The Morgan fingerprint density at radius 1 is 1.25 bits per heavy atom. The summed E-state index contributed by atoms with van der Waals surface area (Å²) in [5.41, 5.74) is 8.75. The Hall–Kier alpha value is -0.820. The van der Waals surface area contributed by atoms with E-state index < -0.39 is 0 Å². The first kappa shape index (κ1) is 13.2. The van der Waals surface area contributed by atoms with Gasteiger partial charge in [0.05, 0.1) is 0 Å². The van der Waals surface area contributed by atoms with Crippen LogP contribution in [-0.4, -0.2) is 6.54 Å². The molecule has 2 atom stereocenters. The van der Waals surface area contributed by atoms with Gasteiger partial charge in [0.2, 0.25) is 0 Å². The van der Waals surface area contributed by atoms with E-state index >= 15 is 0 Å². The van der Waals surface area contributed by atoms with Crippen LogP contribution in [-0.2, 0) is 6.42 Å². The van der Waals surface area contributed by atoms with Gasteiger partial charge in [-0.2, -0.15) is 0 Å². The maximum atomic E-state index is 5.90. The molecule has 16 heavy (non-hydrogen) atoms. The highest BCUT2D eigenvalue weighted by Crippen LogP contribution is 2.22. The van der Waals surface area contributed by atoms with E-state index in [1.807, 2.05) is 0 Å². The summed E-state index contributed by atoms with van der Waals surface area (Å²) in [6.07, 6.45) is 3.67. The van der Waals surface area contributed by atoms with Crippen LogP contribution < -0.4 is 5.73 Å².